The molecule has 0 bridgehead atoms. The van der Waals surface area contributed by atoms with Crippen LogP contribution in [0.25, 0.3) is 0 Å². The van der Waals surface area contributed by atoms with E-state index in [0.717, 1.165) is 0 Å². The Morgan fingerprint density at radius 1 is 0.875 bits per heavy atom. The van der Waals surface area contributed by atoms with Gasteiger partial charge in [0, 0.05) is 0 Å². The van der Waals surface area contributed by atoms with Gasteiger partial charge in [-0.05, 0) is 0 Å². The van der Waals surface area contributed by atoms with Gasteiger partial charge in [0.1, 0.15) is 0 Å². The largest absolute Gasteiger partial charge is 4.00 e. The van der Waals surface area contributed by atoms with Gasteiger partial charge >= 0.3 is 26.2 Å². The van der Waals surface area contributed by atoms with E-state index in [1.54, 1.807) is 0 Å². The maximum atomic E-state index is 2.31. The summed E-state index contributed by atoms with van der Waals surface area (Å²) >= 11 is 0. The second-order valence-electron chi connectivity index (χ2n) is 1.22. The van der Waals surface area contributed by atoms with E-state index in [1.165, 1.54) is 19.3 Å². The molecule has 1 fully saturated rings. The molecule has 8 heavy (non-hydrogen) atoms. The van der Waals surface area contributed by atoms with Gasteiger partial charge in [-0.3, -0.25) is 0 Å². The summed E-state index contributed by atoms with van der Waals surface area (Å²) in [6.07, 6.45) is 6.50. The average Bonchev–Trinajstić information content (AvgIpc) is 0.722. The summed E-state index contributed by atoms with van der Waals surface area (Å²) in [4.78, 5) is 0. The van der Waals surface area contributed by atoms with E-state index in [2.05, 4.69) is 6.42 Å². The van der Waals surface area contributed by atoms with Crippen molar-refractivity contribution in [3.05, 3.63) is 6.42 Å². The second kappa shape index (κ2) is 15.9. The Hall–Kier alpha value is 1.75. The van der Waals surface area contributed by atoms with Crippen LogP contribution in [0.3, 0.4) is 0 Å². The molecule has 0 amide bonds. The summed E-state index contributed by atoms with van der Waals surface area (Å²) < 4.78 is 0. The van der Waals surface area contributed by atoms with E-state index in [0.29, 0.717) is 0 Å². The summed E-state index contributed by atoms with van der Waals surface area (Å²) in [5.41, 5.74) is 0. The number of hydrogen-bond donors (Lipinski definition) is 0. The Morgan fingerprint density at radius 3 is 1.00 bits per heavy atom. The van der Waals surface area contributed by atoms with Crippen molar-refractivity contribution in [3.63, 3.8) is 0 Å². The molecule has 1 aliphatic carbocycles. The smallest absolute Gasteiger partial charge is 1.00 e. The zero-order valence-electron chi connectivity index (χ0n) is 4.33. The third kappa shape index (κ3) is 10.7. The van der Waals surface area contributed by atoms with Crippen molar-refractivity contribution in [3.8, 4) is 0 Å². The molecule has 48 valence electrons. The van der Waals surface area contributed by atoms with Gasteiger partial charge in [-0.2, -0.15) is 12.8 Å². The van der Waals surface area contributed by atoms with Crippen LogP contribution in [0, 0.1) is 6.42 Å². The first kappa shape index (κ1) is 22.6. The molecule has 0 aliphatic heterocycles. The van der Waals surface area contributed by atoms with Gasteiger partial charge in [0.25, 0.3) is 0 Å². The van der Waals surface area contributed by atoms with Crippen LogP contribution < -0.4 is 37.2 Å². The van der Waals surface area contributed by atoms with Gasteiger partial charge in [-0.1, -0.05) is 0 Å². The topological polar surface area (TPSA) is 0 Å². The molecule has 0 N–H and O–H groups in total. The maximum absolute atomic E-state index is 2.31. The summed E-state index contributed by atoms with van der Waals surface area (Å²) in [6, 6.07) is 0. The van der Waals surface area contributed by atoms with E-state index < -0.39 is 0 Å². The van der Waals surface area contributed by atoms with Crippen LogP contribution in [-0.2, 0) is 26.2 Å². The van der Waals surface area contributed by atoms with Gasteiger partial charge in [0.15, 0.2) is 0 Å². The van der Waals surface area contributed by atoms with Gasteiger partial charge in [0.2, 0.25) is 0 Å². The molecule has 0 aromatic carbocycles. The molecule has 0 radical (unpaired) electrons. The van der Waals surface area contributed by atoms with E-state index in [1.807, 2.05) is 0 Å². The van der Waals surface area contributed by atoms with E-state index in [-0.39, 0.29) is 63.4 Å². The molecule has 0 spiro atoms. The molecule has 4 heteroatoms. The van der Waals surface area contributed by atoms with Crippen molar-refractivity contribution in [1.82, 2.24) is 0 Å². The Balaban J connectivity index is -0.0000000200. The second-order valence-corrected chi connectivity index (χ2v) is 1.22. The first-order valence-corrected chi connectivity index (χ1v) is 1.82. The van der Waals surface area contributed by atoms with Crippen LogP contribution in [0.15, 0.2) is 0 Å². The molecule has 0 nitrogen and oxygen atoms in total. The van der Waals surface area contributed by atoms with Crippen molar-refractivity contribution in [2.75, 3.05) is 0 Å². The fraction of sp³-hybridized carbons (Fsp3) is 0.750. The van der Waals surface area contributed by atoms with Gasteiger partial charge < -0.3 is 43.6 Å². The van der Waals surface area contributed by atoms with Crippen LogP contribution >= 0.6 is 0 Å². The van der Waals surface area contributed by atoms with Crippen molar-refractivity contribution in [1.29, 1.82) is 0 Å². The minimum Gasteiger partial charge on any atom is -1.00 e. The summed E-state index contributed by atoms with van der Waals surface area (Å²) in [6.45, 7) is 0. The maximum Gasteiger partial charge on any atom is 4.00 e. The third-order valence-corrected chi connectivity index (χ3v) is 0.816. The Bertz CT molecular complexity index is 19.2. The van der Waals surface area contributed by atoms with Crippen LogP contribution in [0.2, 0.25) is 0 Å². The normalized spacial score (nSPS) is 12.0. The molecular formula is C4H7Cl3Zr. The minimum absolute atomic E-state index is 0. The van der Waals surface area contributed by atoms with Crippen molar-refractivity contribution in [2.24, 2.45) is 0 Å². The quantitative estimate of drug-likeness (QED) is 0.376. The molecular weight excluding hydrogens is 246 g/mol. The molecule has 0 saturated heterocycles. The van der Waals surface area contributed by atoms with Crippen LogP contribution in [0.5, 0.6) is 0 Å². The molecule has 0 atom stereocenters. The van der Waals surface area contributed by atoms with Crippen LogP contribution in [-0.4, -0.2) is 0 Å². The molecule has 0 heterocycles. The summed E-state index contributed by atoms with van der Waals surface area (Å²) in [5.74, 6) is 0. The van der Waals surface area contributed by atoms with Gasteiger partial charge in [-0.15, -0.1) is 6.42 Å². The predicted octanol–water partition coefficient (Wildman–Crippen LogP) is -7.62. The first-order valence-electron chi connectivity index (χ1n) is 1.82. The first-order chi connectivity index (χ1) is 2.00. The molecule has 1 rings (SSSR count). The molecule has 0 unspecified atom stereocenters. The standard InChI is InChI=1S/C4H7.3ClH.Zr/c1-2-4-3-1;;;;/h1H,2-4H2;3*1H;/q-1;;;;+4/p-3. The SMILES string of the molecule is [CH-]1CCC1.[Cl-].[Cl-].[Cl-].[Zr+4]. The molecule has 0 aromatic rings. The van der Waals surface area contributed by atoms with Crippen molar-refractivity contribution < 1.29 is 63.4 Å². The van der Waals surface area contributed by atoms with Crippen molar-refractivity contribution >= 4 is 0 Å². The number of halogens is 3. The Morgan fingerprint density at radius 2 is 1.00 bits per heavy atom. The van der Waals surface area contributed by atoms with E-state index in [9.17, 15) is 0 Å². The third-order valence-electron chi connectivity index (χ3n) is 0.816. The molecule has 1 aliphatic rings. The number of rotatable bonds is 0. The number of hydrogen-bond acceptors (Lipinski definition) is 0. The zero-order chi connectivity index (χ0) is 2.83. The molecule has 0 aromatic heterocycles. The predicted molar refractivity (Wildman–Crippen MR) is 18.2 cm³/mol. The minimum atomic E-state index is 0. The van der Waals surface area contributed by atoms with Gasteiger partial charge in [0.05, 0.1) is 0 Å². The van der Waals surface area contributed by atoms with Crippen molar-refractivity contribution in [2.45, 2.75) is 19.3 Å². The summed E-state index contributed by atoms with van der Waals surface area (Å²) in [5, 5.41) is 0. The monoisotopic (exact) mass is 250 g/mol. The zero-order valence-corrected chi connectivity index (χ0v) is 9.06. The fourth-order valence-electron chi connectivity index (χ4n) is 0.204. The van der Waals surface area contributed by atoms with Crippen LogP contribution in [0.1, 0.15) is 19.3 Å². The van der Waals surface area contributed by atoms with E-state index >= 15 is 0 Å². The van der Waals surface area contributed by atoms with E-state index in [4.69, 9.17) is 0 Å². The molecule has 1 saturated carbocycles. The fourth-order valence-corrected chi connectivity index (χ4v) is 0.204. The average molecular weight is 253 g/mol. The van der Waals surface area contributed by atoms with Crippen LogP contribution in [0.4, 0.5) is 0 Å². The Labute approximate surface area is 88.5 Å². The summed E-state index contributed by atoms with van der Waals surface area (Å²) in [7, 11) is 0. The Kier molecular flexibility index (Phi) is 44.9. The van der Waals surface area contributed by atoms with Gasteiger partial charge in [-0.25, -0.2) is 0 Å².